The molecular formula is C35H51ClN6O4. The number of carbonyl (C=O) groups excluding carboxylic acids is 2. The monoisotopic (exact) mass is 654 g/mol. The number of allylic oxidation sites excluding steroid dienone is 3. The molecule has 252 valence electrons. The number of nitrogens with one attached hydrogen (secondary N) is 1. The SMILES string of the molecule is CC.CC(C)OCC(=O)N[C@H](C1=C/C(=C/C=C\N)C[C@@H](N2CCN(C(=O)OC(C)(C)C)CC2)c2ccc(Cl)cc21)c1cncn1C. The summed E-state index contributed by atoms with van der Waals surface area (Å²) in [5.74, 6) is -0.235. The zero-order valence-corrected chi connectivity index (χ0v) is 29.3. The fraction of sp³-hybridized carbons (Fsp3) is 0.514. The van der Waals surface area contributed by atoms with Crippen molar-refractivity contribution in [2.75, 3.05) is 32.8 Å². The third-order valence-corrected chi connectivity index (χ3v) is 7.83. The van der Waals surface area contributed by atoms with E-state index in [9.17, 15) is 9.59 Å². The maximum atomic E-state index is 13.2. The molecule has 2 heterocycles. The minimum absolute atomic E-state index is 0.0126. The number of benzene rings is 1. The second-order valence-electron chi connectivity index (χ2n) is 12.5. The van der Waals surface area contributed by atoms with E-state index in [1.165, 1.54) is 6.20 Å². The van der Waals surface area contributed by atoms with Gasteiger partial charge in [-0.05, 0) is 87.7 Å². The number of amides is 2. The number of fused-ring (bicyclic) bond motifs is 1. The summed E-state index contributed by atoms with van der Waals surface area (Å²) in [6.07, 6.45) is 11.2. The fourth-order valence-corrected chi connectivity index (χ4v) is 5.72. The zero-order valence-electron chi connectivity index (χ0n) is 28.5. The Labute approximate surface area is 279 Å². The van der Waals surface area contributed by atoms with E-state index >= 15 is 0 Å². The quantitative estimate of drug-likeness (QED) is 0.350. The van der Waals surface area contributed by atoms with E-state index < -0.39 is 11.6 Å². The lowest BCUT2D eigenvalue weighted by molar-refractivity contribution is -0.127. The lowest BCUT2D eigenvalue weighted by Gasteiger charge is -2.40. The van der Waals surface area contributed by atoms with Gasteiger partial charge in [-0.1, -0.05) is 43.7 Å². The molecule has 1 aromatic carbocycles. The van der Waals surface area contributed by atoms with Gasteiger partial charge in [0, 0.05) is 44.3 Å². The predicted octanol–water partition coefficient (Wildman–Crippen LogP) is 6.16. The first kappa shape index (κ1) is 36.9. The minimum atomic E-state index is -0.549. The highest BCUT2D eigenvalue weighted by atomic mass is 35.5. The van der Waals surface area contributed by atoms with E-state index in [2.05, 4.69) is 27.3 Å². The summed E-state index contributed by atoms with van der Waals surface area (Å²) < 4.78 is 13.1. The van der Waals surface area contributed by atoms with Gasteiger partial charge in [-0.2, -0.15) is 0 Å². The number of rotatable bonds is 8. The molecule has 0 saturated carbocycles. The molecule has 4 rings (SSSR count). The molecule has 1 fully saturated rings. The van der Waals surface area contributed by atoms with Crippen molar-refractivity contribution in [2.45, 2.75) is 78.7 Å². The van der Waals surface area contributed by atoms with Crippen molar-refractivity contribution in [3.05, 3.63) is 82.6 Å². The summed E-state index contributed by atoms with van der Waals surface area (Å²) in [4.78, 5) is 34.5. The Hall–Kier alpha value is -3.60. The summed E-state index contributed by atoms with van der Waals surface area (Å²) in [5, 5.41) is 3.80. The minimum Gasteiger partial charge on any atom is -0.444 e. The smallest absolute Gasteiger partial charge is 0.410 e. The summed E-state index contributed by atoms with van der Waals surface area (Å²) in [6, 6.07) is 5.40. The van der Waals surface area contributed by atoms with Crippen LogP contribution < -0.4 is 11.1 Å². The first-order chi connectivity index (χ1) is 21.9. The molecule has 2 amide bonds. The number of nitrogens with zero attached hydrogens (tertiary/aromatic N) is 4. The van der Waals surface area contributed by atoms with Crippen molar-refractivity contribution in [2.24, 2.45) is 12.8 Å². The molecule has 11 heteroatoms. The molecule has 10 nitrogen and oxygen atoms in total. The van der Waals surface area contributed by atoms with E-state index in [0.717, 1.165) is 28.0 Å². The van der Waals surface area contributed by atoms with Gasteiger partial charge in [0.25, 0.3) is 0 Å². The van der Waals surface area contributed by atoms with Crippen LogP contribution in [-0.2, 0) is 21.3 Å². The van der Waals surface area contributed by atoms with E-state index in [1.54, 1.807) is 17.4 Å². The van der Waals surface area contributed by atoms with E-state index in [4.69, 9.17) is 26.8 Å². The maximum absolute atomic E-state index is 13.2. The number of imidazole rings is 1. The molecule has 3 N–H and O–H groups in total. The Morgan fingerprint density at radius 3 is 2.46 bits per heavy atom. The van der Waals surface area contributed by atoms with Crippen molar-refractivity contribution in [1.29, 1.82) is 0 Å². The third-order valence-electron chi connectivity index (χ3n) is 7.60. The molecule has 0 spiro atoms. The van der Waals surface area contributed by atoms with Gasteiger partial charge in [0.05, 0.1) is 30.4 Å². The van der Waals surface area contributed by atoms with Crippen LogP contribution in [0.1, 0.15) is 83.8 Å². The standard InChI is InChI=1S/C33H45ClN6O4.C2H6/c1-22(2)43-20-30(41)37-31(29-19-36-21-38(29)6)27-16-23(8-7-11-35)17-28(25-10-9-24(34)18-26(25)27)39-12-14-40(15-13-39)32(42)44-33(3,4)5;1-2/h7-11,16,18-19,21-22,28,31H,12-15,17,20,35H2,1-6H3,(H,37,41);1-2H3/b11-7-,23-8-;/t28-,31-;/m1./s1. The number of aromatic nitrogens is 2. The number of ether oxygens (including phenoxy) is 2. The van der Waals surface area contributed by atoms with Crippen LogP contribution in [0.25, 0.3) is 5.57 Å². The molecular weight excluding hydrogens is 604 g/mol. The zero-order chi connectivity index (χ0) is 34.0. The number of aryl methyl sites for hydroxylation is 1. The average molecular weight is 655 g/mol. The Morgan fingerprint density at radius 1 is 1.17 bits per heavy atom. The van der Waals surface area contributed by atoms with Crippen molar-refractivity contribution >= 4 is 29.2 Å². The van der Waals surface area contributed by atoms with Gasteiger partial charge in [-0.15, -0.1) is 0 Å². The second kappa shape index (κ2) is 16.8. The molecule has 1 aliphatic carbocycles. The van der Waals surface area contributed by atoms with Crippen LogP contribution >= 0.6 is 11.6 Å². The first-order valence-corrected chi connectivity index (χ1v) is 16.4. The van der Waals surface area contributed by atoms with Crippen molar-refractivity contribution in [3.63, 3.8) is 0 Å². The number of piperazine rings is 1. The number of hydrogen-bond donors (Lipinski definition) is 2. The van der Waals surface area contributed by atoms with Crippen molar-refractivity contribution < 1.29 is 19.1 Å². The Morgan fingerprint density at radius 2 is 1.87 bits per heavy atom. The lowest BCUT2D eigenvalue weighted by atomic mass is 9.90. The van der Waals surface area contributed by atoms with Crippen LogP contribution in [0.15, 0.2) is 60.7 Å². The van der Waals surface area contributed by atoms with Gasteiger partial charge in [0.1, 0.15) is 12.2 Å². The Kier molecular flexibility index (Phi) is 13.5. The lowest BCUT2D eigenvalue weighted by Crippen LogP contribution is -2.50. The van der Waals surface area contributed by atoms with E-state index in [-0.39, 0.29) is 30.8 Å². The topological polar surface area (TPSA) is 115 Å². The molecule has 46 heavy (non-hydrogen) atoms. The highest BCUT2D eigenvalue weighted by molar-refractivity contribution is 6.30. The van der Waals surface area contributed by atoms with Crippen molar-refractivity contribution in [3.8, 4) is 0 Å². The van der Waals surface area contributed by atoms with E-state index in [1.807, 2.05) is 84.4 Å². The molecule has 2 aliphatic rings. The molecule has 1 saturated heterocycles. The van der Waals surface area contributed by atoms with Gasteiger partial charge in [0.2, 0.25) is 5.91 Å². The van der Waals surface area contributed by atoms with Gasteiger partial charge < -0.3 is 30.0 Å². The van der Waals surface area contributed by atoms with Crippen LogP contribution in [0.4, 0.5) is 4.79 Å². The first-order valence-electron chi connectivity index (χ1n) is 16.0. The summed E-state index contributed by atoms with van der Waals surface area (Å²) >= 11 is 6.64. The number of nitrogens with two attached hydrogens (primary N) is 1. The van der Waals surface area contributed by atoms with Gasteiger partial charge >= 0.3 is 6.09 Å². The van der Waals surface area contributed by atoms with Crippen molar-refractivity contribution in [1.82, 2.24) is 24.7 Å². The highest BCUT2D eigenvalue weighted by Gasteiger charge is 2.35. The molecule has 1 aliphatic heterocycles. The van der Waals surface area contributed by atoms with Crippen LogP contribution in [0, 0.1) is 0 Å². The van der Waals surface area contributed by atoms with Crippen LogP contribution in [0.5, 0.6) is 0 Å². The largest absolute Gasteiger partial charge is 0.444 e. The third kappa shape index (κ3) is 9.95. The van der Waals surface area contributed by atoms with Crippen LogP contribution in [0.2, 0.25) is 5.02 Å². The average Bonchev–Trinajstić information content (AvgIpc) is 3.37. The van der Waals surface area contributed by atoms with Crippen LogP contribution in [-0.4, -0.2) is 75.8 Å². The van der Waals surface area contributed by atoms with Gasteiger partial charge in [0.15, 0.2) is 0 Å². The molecule has 2 atom stereocenters. The summed E-state index contributed by atoms with van der Waals surface area (Å²) in [7, 11) is 1.91. The normalized spacial score (nSPS) is 18.8. The number of halogens is 1. The maximum Gasteiger partial charge on any atom is 0.410 e. The molecule has 0 bridgehead atoms. The molecule has 0 unspecified atom stereocenters. The predicted molar refractivity (Wildman–Crippen MR) is 184 cm³/mol. The summed E-state index contributed by atoms with van der Waals surface area (Å²) in [5.41, 5.74) is 9.98. The Balaban J connectivity index is 0.00000282. The Bertz CT molecular complexity index is 1420. The fourth-order valence-electron chi connectivity index (χ4n) is 5.54. The molecule has 0 radical (unpaired) electrons. The van der Waals surface area contributed by atoms with Gasteiger partial charge in [-0.3, -0.25) is 9.69 Å². The molecule has 1 aromatic heterocycles. The number of hydrogen-bond acceptors (Lipinski definition) is 7. The number of carbonyl (C=O) groups is 2. The molecule has 2 aromatic rings. The highest BCUT2D eigenvalue weighted by Crippen LogP contribution is 2.43. The summed E-state index contributed by atoms with van der Waals surface area (Å²) in [6.45, 7) is 15.8. The van der Waals surface area contributed by atoms with Gasteiger partial charge in [-0.25, -0.2) is 9.78 Å². The second-order valence-corrected chi connectivity index (χ2v) is 12.9. The van der Waals surface area contributed by atoms with E-state index in [0.29, 0.717) is 37.6 Å². The van der Waals surface area contributed by atoms with Crippen LogP contribution in [0.3, 0.4) is 0 Å².